The van der Waals surface area contributed by atoms with Crippen molar-refractivity contribution in [2.75, 3.05) is 66.2 Å². The van der Waals surface area contributed by atoms with Gasteiger partial charge in [-0.15, -0.1) is 0 Å². The number of hydrogen-bond donors (Lipinski definition) is 3. The number of alkyl halides is 3. The SMILES string of the molecule is COc1ccc(Nc2ccc(N(C)c3ccc(SC(F)(F)F)cc3)cc2)c(C(=O)OC2CN(c3ccc(Nc4ccc(N(C)c5ccc(C6CCCCC6)cc5)cc4C)c(C(=O)O)c3)CCO2)c1. The Balaban J connectivity index is 0.904. The molecule has 8 rings (SSSR count). The average Bonchev–Trinajstić information content (AvgIpc) is 3.34. The summed E-state index contributed by atoms with van der Waals surface area (Å²) in [6.45, 7) is 2.82. The van der Waals surface area contributed by atoms with Crippen LogP contribution in [0.4, 0.5) is 64.4 Å². The van der Waals surface area contributed by atoms with Crippen molar-refractivity contribution >= 4 is 74.9 Å². The van der Waals surface area contributed by atoms with Crippen LogP contribution in [0.2, 0.25) is 0 Å². The number of anilines is 9. The number of carboxylic acids is 1. The normalized spacial score (nSPS) is 15.3. The molecule has 0 bridgehead atoms. The Morgan fingerprint density at radius 1 is 0.735 bits per heavy atom. The van der Waals surface area contributed by atoms with E-state index in [2.05, 4.69) is 45.9 Å². The Hall–Kier alpha value is -6.84. The summed E-state index contributed by atoms with van der Waals surface area (Å²) in [4.78, 5) is 32.6. The summed E-state index contributed by atoms with van der Waals surface area (Å²) in [6, 6.07) is 38.6. The number of methoxy groups -OCH3 is 1. The van der Waals surface area contributed by atoms with E-state index in [9.17, 15) is 27.9 Å². The lowest BCUT2D eigenvalue weighted by molar-refractivity contribution is -0.114. The first-order valence-corrected chi connectivity index (χ1v) is 23.3. The highest BCUT2D eigenvalue weighted by Crippen LogP contribution is 2.39. The van der Waals surface area contributed by atoms with E-state index in [-0.39, 0.29) is 40.9 Å². The second kappa shape index (κ2) is 21.0. The summed E-state index contributed by atoms with van der Waals surface area (Å²) in [6.07, 6.45) is 5.49. The third kappa shape index (κ3) is 11.6. The van der Waals surface area contributed by atoms with E-state index in [0.717, 1.165) is 28.3 Å². The topological polar surface area (TPSA) is 116 Å². The molecule has 0 aromatic heterocycles. The van der Waals surface area contributed by atoms with E-state index < -0.39 is 23.7 Å². The minimum absolute atomic E-state index is 0.0886. The lowest BCUT2D eigenvalue weighted by Crippen LogP contribution is -2.44. The zero-order valence-electron chi connectivity index (χ0n) is 38.3. The fraction of sp³-hybridized carbons (Fsp3) is 0.283. The van der Waals surface area contributed by atoms with Crippen LogP contribution in [0.15, 0.2) is 132 Å². The number of benzene rings is 6. The number of aryl methyl sites for hydroxylation is 1. The molecule has 1 saturated carbocycles. The summed E-state index contributed by atoms with van der Waals surface area (Å²) in [5.41, 5.74) is 4.88. The lowest BCUT2D eigenvalue weighted by atomic mass is 9.84. The van der Waals surface area contributed by atoms with Crippen LogP contribution in [-0.4, -0.2) is 69.7 Å². The zero-order chi connectivity index (χ0) is 48.0. The molecule has 3 N–H and O–H groups in total. The number of carbonyl (C=O) groups excluding carboxylic acids is 1. The van der Waals surface area contributed by atoms with Crippen molar-refractivity contribution in [1.82, 2.24) is 0 Å². The highest BCUT2D eigenvalue weighted by Gasteiger charge is 2.30. The van der Waals surface area contributed by atoms with Crippen LogP contribution >= 0.6 is 11.8 Å². The van der Waals surface area contributed by atoms with E-state index in [0.29, 0.717) is 46.6 Å². The molecule has 0 amide bonds. The zero-order valence-corrected chi connectivity index (χ0v) is 39.1. The highest BCUT2D eigenvalue weighted by atomic mass is 32.2. The van der Waals surface area contributed by atoms with Gasteiger partial charge in [0.1, 0.15) is 5.75 Å². The number of carboxylic acid groups (broad SMARTS) is 1. The van der Waals surface area contributed by atoms with Crippen LogP contribution in [0.25, 0.3) is 0 Å². The molecule has 354 valence electrons. The number of esters is 1. The summed E-state index contributed by atoms with van der Waals surface area (Å²) in [5, 5.41) is 17.0. The summed E-state index contributed by atoms with van der Waals surface area (Å²) in [5.74, 6) is -0.662. The molecule has 2 fully saturated rings. The Bertz CT molecular complexity index is 2710. The van der Waals surface area contributed by atoms with Crippen molar-refractivity contribution in [2.24, 2.45) is 0 Å². The Morgan fingerprint density at radius 2 is 1.34 bits per heavy atom. The smallest absolute Gasteiger partial charge is 0.446 e. The van der Waals surface area contributed by atoms with Crippen molar-refractivity contribution in [2.45, 2.75) is 61.6 Å². The molecule has 2 aliphatic rings. The molecular formula is C53H54F3N5O6S. The maximum Gasteiger partial charge on any atom is 0.446 e. The van der Waals surface area contributed by atoms with E-state index in [1.165, 1.54) is 56.9 Å². The maximum atomic E-state index is 13.8. The second-order valence-corrected chi connectivity index (χ2v) is 18.1. The van der Waals surface area contributed by atoms with Gasteiger partial charge in [0.2, 0.25) is 6.29 Å². The van der Waals surface area contributed by atoms with E-state index in [4.69, 9.17) is 14.2 Å². The van der Waals surface area contributed by atoms with E-state index in [1.807, 2.05) is 73.3 Å². The molecular weight excluding hydrogens is 892 g/mol. The molecule has 1 aliphatic carbocycles. The number of ether oxygens (including phenoxy) is 3. The second-order valence-electron chi connectivity index (χ2n) is 17.0. The number of rotatable bonds is 15. The van der Waals surface area contributed by atoms with Gasteiger partial charge in [0.15, 0.2) is 0 Å². The molecule has 1 unspecified atom stereocenters. The molecule has 0 radical (unpaired) electrons. The van der Waals surface area contributed by atoms with Crippen LogP contribution in [0.1, 0.15) is 69.9 Å². The summed E-state index contributed by atoms with van der Waals surface area (Å²) >= 11 is -0.159. The van der Waals surface area contributed by atoms with Gasteiger partial charge in [0, 0.05) is 65.3 Å². The van der Waals surface area contributed by atoms with Crippen LogP contribution in [0, 0.1) is 6.92 Å². The minimum Gasteiger partial charge on any atom is -0.497 e. The van der Waals surface area contributed by atoms with Crippen molar-refractivity contribution in [3.63, 3.8) is 0 Å². The quantitative estimate of drug-likeness (QED) is 0.0672. The largest absolute Gasteiger partial charge is 0.497 e. The molecule has 68 heavy (non-hydrogen) atoms. The van der Waals surface area contributed by atoms with Gasteiger partial charge in [0.25, 0.3) is 0 Å². The van der Waals surface area contributed by atoms with Gasteiger partial charge in [-0.3, -0.25) is 0 Å². The van der Waals surface area contributed by atoms with Gasteiger partial charge >= 0.3 is 17.4 Å². The van der Waals surface area contributed by atoms with Gasteiger partial charge in [-0.1, -0.05) is 31.4 Å². The predicted molar refractivity (Wildman–Crippen MR) is 265 cm³/mol. The van der Waals surface area contributed by atoms with Gasteiger partial charge in [-0.25, -0.2) is 9.59 Å². The third-order valence-electron chi connectivity index (χ3n) is 12.5. The number of morpholine rings is 1. The van der Waals surface area contributed by atoms with Crippen molar-refractivity contribution in [3.8, 4) is 5.75 Å². The Kier molecular flexibility index (Phi) is 14.7. The molecule has 15 heteroatoms. The molecule has 1 aliphatic heterocycles. The third-order valence-corrected chi connectivity index (χ3v) is 13.3. The number of halogens is 3. The summed E-state index contributed by atoms with van der Waals surface area (Å²) < 4.78 is 55.7. The highest BCUT2D eigenvalue weighted by molar-refractivity contribution is 8.00. The number of nitrogens with one attached hydrogen (secondary N) is 2. The predicted octanol–water partition coefficient (Wildman–Crippen LogP) is 13.4. The van der Waals surface area contributed by atoms with Gasteiger partial charge < -0.3 is 44.7 Å². The molecule has 1 heterocycles. The van der Waals surface area contributed by atoms with E-state index in [1.54, 1.807) is 42.5 Å². The number of nitrogens with zero attached hydrogens (tertiary/aromatic N) is 3. The fourth-order valence-corrected chi connectivity index (χ4v) is 9.23. The molecule has 1 saturated heterocycles. The number of aromatic carboxylic acids is 1. The minimum atomic E-state index is -4.36. The van der Waals surface area contributed by atoms with Gasteiger partial charge in [-0.05, 0) is 164 Å². The van der Waals surface area contributed by atoms with E-state index >= 15 is 0 Å². The van der Waals surface area contributed by atoms with Crippen molar-refractivity contribution in [3.05, 3.63) is 150 Å². The number of carbonyl (C=O) groups is 2. The molecule has 6 aromatic carbocycles. The van der Waals surface area contributed by atoms with Crippen LogP contribution < -0.4 is 30.1 Å². The molecule has 6 aromatic rings. The molecule has 0 spiro atoms. The van der Waals surface area contributed by atoms with Crippen LogP contribution in [0.5, 0.6) is 5.75 Å². The summed E-state index contributed by atoms with van der Waals surface area (Å²) in [7, 11) is 5.36. The first kappa shape index (κ1) is 47.6. The van der Waals surface area contributed by atoms with Gasteiger partial charge in [0.05, 0.1) is 42.8 Å². The molecule has 11 nitrogen and oxygen atoms in total. The average molecular weight is 946 g/mol. The fourth-order valence-electron chi connectivity index (χ4n) is 8.69. The van der Waals surface area contributed by atoms with Gasteiger partial charge in [-0.2, -0.15) is 13.2 Å². The first-order valence-electron chi connectivity index (χ1n) is 22.5. The Labute approximate surface area is 398 Å². The maximum absolute atomic E-state index is 13.8. The number of hydrogen-bond acceptors (Lipinski definition) is 11. The van der Waals surface area contributed by atoms with Crippen LogP contribution in [0.3, 0.4) is 0 Å². The Morgan fingerprint density at radius 3 is 1.99 bits per heavy atom. The van der Waals surface area contributed by atoms with Crippen molar-refractivity contribution in [1.29, 1.82) is 0 Å². The van der Waals surface area contributed by atoms with Crippen molar-refractivity contribution < 1.29 is 42.1 Å². The monoisotopic (exact) mass is 945 g/mol. The van der Waals surface area contributed by atoms with Crippen LogP contribution in [-0.2, 0) is 9.47 Å². The standard InChI is InChI=1S/C53H54F3N5O6S/c1-34-30-41(60(3)38-14-10-36(11-15-38)35-8-6-5-7-9-35)20-25-47(34)58-48-26-21-42(31-45(48)51(62)63)61-28-29-66-50(33-61)67-52(64)46-32-43(65-4)22-27-49(46)57-37-12-16-39(17-13-37)59(2)40-18-23-44(24-19-40)68-53(54,55)56/h10-27,30-32,35,50,57-58H,5-9,28-29,33H2,1-4H3,(H,62,63). The first-order chi connectivity index (χ1) is 32.7. The molecule has 1 atom stereocenters. The number of thioether (sulfide) groups is 1. The lowest BCUT2D eigenvalue weighted by Gasteiger charge is -2.34.